The van der Waals surface area contributed by atoms with Crippen molar-refractivity contribution in [1.29, 1.82) is 0 Å². The van der Waals surface area contributed by atoms with Gasteiger partial charge in [0.15, 0.2) is 0 Å². The van der Waals surface area contributed by atoms with Crippen molar-refractivity contribution in [2.75, 3.05) is 6.54 Å². The first-order chi connectivity index (χ1) is 8.55. The van der Waals surface area contributed by atoms with Crippen LogP contribution in [0.5, 0.6) is 0 Å². The fraction of sp³-hybridized carbons (Fsp3) is 0.533. The van der Waals surface area contributed by atoms with E-state index in [1.807, 2.05) is 13.8 Å². The van der Waals surface area contributed by atoms with Gasteiger partial charge in [0, 0.05) is 18.0 Å². The van der Waals surface area contributed by atoms with Gasteiger partial charge in [0.2, 0.25) is 5.91 Å². The molecule has 1 unspecified atom stereocenters. The lowest BCUT2D eigenvalue weighted by molar-refractivity contribution is -0.124. The van der Waals surface area contributed by atoms with Gasteiger partial charge in [-0.05, 0) is 37.3 Å². The minimum absolute atomic E-state index is 0.0172. The summed E-state index contributed by atoms with van der Waals surface area (Å²) in [6.07, 6.45) is 2.95. The zero-order valence-electron chi connectivity index (χ0n) is 11.2. The molecular weight excluding hydrogens is 224 g/mol. The van der Waals surface area contributed by atoms with Crippen LogP contribution in [-0.2, 0) is 16.8 Å². The Morgan fingerprint density at radius 1 is 1.39 bits per heavy atom. The molecule has 1 aromatic carbocycles. The van der Waals surface area contributed by atoms with Crippen LogP contribution in [0.1, 0.15) is 37.8 Å². The van der Waals surface area contributed by atoms with E-state index in [0.717, 1.165) is 19.3 Å². The molecule has 3 N–H and O–H groups in total. The van der Waals surface area contributed by atoms with Crippen LogP contribution in [0.2, 0.25) is 0 Å². The number of amides is 1. The zero-order valence-corrected chi connectivity index (χ0v) is 11.2. The maximum Gasteiger partial charge on any atom is 0.223 e. The fourth-order valence-corrected chi connectivity index (χ4v) is 2.19. The van der Waals surface area contributed by atoms with Crippen LogP contribution < -0.4 is 11.1 Å². The maximum atomic E-state index is 11.7. The van der Waals surface area contributed by atoms with Crippen molar-refractivity contribution in [3.05, 3.63) is 35.4 Å². The van der Waals surface area contributed by atoms with Crippen LogP contribution in [0.25, 0.3) is 0 Å². The third-order valence-corrected chi connectivity index (χ3v) is 3.66. The number of carbonyl (C=O) groups is 1. The Kier molecular flexibility index (Phi) is 3.71. The van der Waals surface area contributed by atoms with Crippen molar-refractivity contribution in [2.45, 2.75) is 38.6 Å². The van der Waals surface area contributed by atoms with Gasteiger partial charge in [-0.3, -0.25) is 4.79 Å². The van der Waals surface area contributed by atoms with Crippen molar-refractivity contribution < 1.29 is 4.79 Å². The molecule has 1 fully saturated rings. The largest absolute Gasteiger partial charge is 0.356 e. The van der Waals surface area contributed by atoms with Gasteiger partial charge in [-0.1, -0.05) is 31.2 Å². The van der Waals surface area contributed by atoms with Crippen LogP contribution in [-0.4, -0.2) is 12.5 Å². The maximum absolute atomic E-state index is 11.7. The van der Waals surface area contributed by atoms with Gasteiger partial charge < -0.3 is 11.1 Å². The SMILES string of the molecule is CCNC(=O)C(C)Cc1ccc(C2(N)CC2)cc1. The summed E-state index contributed by atoms with van der Waals surface area (Å²) in [5.41, 5.74) is 8.49. The van der Waals surface area contributed by atoms with Crippen molar-refractivity contribution in [2.24, 2.45) is 11.7 Å². The number of rotatable bonds is 5. The molecule has 0 spiro atoms. The molecule has 0 heterocycles. The molecule has 0 saturated heterocycles. The first-order valence-corrected chi connectivity index (χ1v) is 6.71. The summed E-state index contributed by atoms with van der Waals surface area (Å²) >= 11 is 0. The number of nitrogens with one attached hydrogen (secondary N) is 1. The Bertz CT molecular complexity index is 421. The Morgan fingerprint density at radius 3 is 2.50 bits per heavy atom. The second-order valence-corrected chi connectivity index (χ2v) is 5.35. The van der Waals surface area contributed by atoms with E-state index in [2.05, 4.69) is 29.6 Å². The highest BCUT2D eigenvalue weighted by Gasteiger charge is 2.39. The van der Waals surface area contributed by atoms with E-state index >= 15 is 0 Å². The van der Waals surface area contributed by atoms with Gasteiger partial charge in [0.05, 0.1) is 0 Å². The lowest BCUT2D eigenvalue weighted by Gasteiger charge is -2.13. The quantitative estimate of drug-likeness (QED) is 0.834. The van der Waals surface area contributed by atoms with E-state index in [1.54, 1.807) is 0 Å². The summed E-state index contributed by atoms with van der Waals surface area (Å²) in [5, 5.41) is 2.85. The van der Waals surface area contributed by atoms with Gasteiger partial charge in [-0.2, -0.15) is 0 Å². The second kappa shape index (κ2) is 5.11. The summed E-state index contributed by atoms with van der Waals surface area (Å²) in [6, 6.07) is 8.40. The molecule has 3 heteroatoms. The van der Waals surface area contributed by atoms with Crippen molar-refractivity contribution in [3.63, 3.8) is 0 Å². The molecule has 2 rings (SSSR count). The Labute approximate surface area is 109 Å². The molecule has 98 valence electrons. The standard InChI is InChI=1S/C15H22N2O/c1-3-17-14(18)11(2)10-12-4-6-13(7-5-12)15(16)8-9-15/h4-7,11H,3,8-10,16H2,1-2H3,(H,17,18). The smallest absolute Gasteiger partial charge is 0.223 e. The molecule has 1 amide bonds. The highest BCUT2D eigenvalue weighted by atomic mass is 16.1. The topological polar surface area (TPSA) is 55.1 Å². The molecule has 0 bridgehead atoms. The molecule has 3 nitrogen and oxygen atoms in total. The van der Waals surface area contributed by atoms with E-state index in [4.69, 9.17) is 5.73 Å². The second-order valence-electron chi connectivity index (χ2n) is 5.35. The molecule has 1 aromatic rings. The predicted molar refractivity (Wildman–Crippen MR) is 73.1 cm³/mol. The highest BCUT2D eigenvalue weighted by Crippen LogP contribution is 2.42. The Morgan fingerprint density at radius 2 is 2.00 bits per heavy atom. The lowest BCUT2D eigenvalue weighted by atomic mass is 9.97. The third kappa shape index (κ3) is 2.91. The molecule has 1 aliphatic rings. The van der Waals surface area contributed by atoms with E-state index < -0.39 is 0 Å². The number of carbonyl (C=O) groups excluding carboxylic acids is 1. The summed E-state index contributed by atoms with van der Waals surface area (Å²) in [7, 11) is 0. The molecule has 18 heavy (non-hydrogen) atoms. The van der Waals surface area contributed by atoms with Crippen LogP contribution in [0.3, 0.4) is 0 Å². The monoisotopic (exact) mass is 246 g/mol. The van der Waals surface area contributed by atoms with Crippen LogP contribution in [0.4, 0.5) is 0 Å². The van der Waals surface area contributed by atoms with Gasteiger partial charge in [0.25, 0.3) is 0 Å². The molecule has 0 radical (unpaired) electrons. The zero-order chi connectivity index (χ0) is 13.2. The summed E-state index contributed by atoms with van der Waals surface area (Å²) < 4.78 is 0. The average Bonchev–Trinajstić information content (AvgIpc) is 3.09. The predicted octanol–water partition coefficient (Wildman–Crippen LogP) is 1.95. The van der Waals surface area contributed by atoms with Gasteiger partial charge >= 0.3 is 0 Å². The van der Waals surface area contributed by atoms with E-state index in [9.17, 15) is 4.79 Å². The number of benzene rings is 1. The van der Waals surface area contributed by atoms with E-state index in [0.29, 0.717) is 6.54 Å². The average molecular weight is 246 g/mol. The number of hydrogen-bond acceptors (Lipinski definition) is 2. The number of nitrogens with two attached hydrogens (primary N) is 1. The van der Waals surface area contributed by atoms with Gasteiger partial charge in [-0.15, -0.1) is 0 Å². The van der Waals surface area contributed by atoms with Gasteiger partial charge in [-0.25, -0.2) is 0 Å². The fourth-order valence-electron chi connectivity index (χ4n) is 2.19. The molecule has 1 atom stereocenters. The van der Waals surface area contributed by atoms with Crippen LogP contribution in [0.15, 0.2) is 24.3 Å². The first kappa shape index (κ1) is 13.1. The third-order valence-electron chi connectivity index (χ3n) is 3.66. The van der Waals surface area contributed by atoms with Crippen molar-refractivity contribution in [1.82, 2.24) is 5.32 Å². The normalized spacial score (nSPS) is 18.2. The minimum atomic E-state index is -0.0657. The Hall–Kier alpha value is -1.35. The van der Waals surface area contributed by atoms with E-state index in [1.165, 1.54) is 11.1 Å². The molecule has 1 aliphatic carbocycles. The molecule has 1 saturated carbocycles. The van der Waals surface area contributed by atoms with E-state index in [-0.39, 0.29) is 17.4 Å². The molecule has 0 aromatic heterocycles. The van der Waals surface area contributed by atoms with Crippen LogP contribution in [0, 0.1) is 5.92 Å². The van der Waals surface area contributed by atoms with Gasteiger partial charge in [0.1, 0.15) is 0 Å². The van der Waals surface area contributed by atoms with Crippen molar-refractivity contribution in [3.8, 4) is 0 Å². The molecular formula is C15H22N2O. The van der Waals surface area contributed by atoms with Crippen molar-refractivity contribution >= 4 is 5.91 Å². The lowest BCUT2D eigenvalue weighted by Crippen LogP contribution is -2.29. The summed E-state index contributed by atoms with van der Waals surface area (Å²) in [4.78, 5) is 11.7. The molecule has 0 aliphatic heterocycles. The Balaban J connectivity index is 1.96. The summed E-state index contributed by atoms with van der Waals surface area (Å²) in [5.74, 6) is 0.141. The highest BCUT2D eigenvalue weighted by molar-refractivity contribution is 5.78. The minimum Gasteiger partial charge on any atom is -0.356 e. The van der Waals surface area contributed by atoms with Crippen LogP contribution >= 0.6 is 0 Å². The summed E-state index contributed by atoms with van der Waals surface area (Å²) in [6.45, 7) is 4.60. The first-order valence-electron chi connectivity index (χ1n) is 6.71. The number of hydrogen-bond donors (Lipinski definition) is 2.